The summed E-state index contributed by atoms with van der Waals surface area (Å²) in [5.74, 6) is 0.729. The minimum absolute atomic E-state index is 0.668. The number of nitrogens with one attached hydrogen (secondary N) is 1. The van der Waals surface area contributed by atoms with Crippen LogP contribution in [0.2, 0.25) is 5.02 Å². The number of aromatic nitrogens is 1. The Morgan fingerprint density at radius 1 is 1.26 bits per heavy atom. The van der Waals surface area contributed by atoms with Crippen molar-refractivity contribution < 1.29 is 0 Å². The van der Waals surface area contributed by atoms with Crippen molar-refractivity contribution >= 4 is 29.4 Å². The Morgan fingerprint density at radius 3 is 2.63 bits per heavy atom. The van der Waals surface area contributed by atoms with Crippen molar-refractivity contribution in [1.29, 1.82) is 0 Å². The summed E-state index contributed by atoms with van der Waals surface area (Å²) in [4.78, 5) is 9.25. The van der Waals surface area contributed by atoms with Gasteiger partial charge in [-0.05, 0) is 43.7 Å². The SMILES string of the molecule is Cc1[nH]c2c(c1C)C([N])N(c1ccc(Cl)cc1)C=N2. The Labute approximate surface area is 116 Å². The summed E-state index contributed by atoms with van der Waals surface area (Å²) in [6, 6.07) is 7.30. The number of nitrogens with zero attached hydrogens (tertiary/aromatic N) is 3. The molecule has 0 fully saturated rings. The molecule has 96 valence electrons. The summed E-state index contributed by atoms with van der Waals surface area (Å²) in [6.45, 7) is 3.96. The van der Waals surface area contributed by atoms with Gasteiger partial charge in [-0.2, -0.15) is 0 Å². The van der Waals surface area contributed by atoms with E-state index in [9.17, 15) is 5.73 Å². The van der Waals surface area contributed by atoms with Gasteiger partial charge < -0.3 is 9.88 Å². The molecule has 1 aliphatic rings. The van der Waals surface area contributed by atoms with Crippen LogP contribution < -0.4 is 10.6 Å². The second-order valence-electron chi connectivity index (χ2n) is 4.64. The predicted octanol–water partition coefficient (Wildman–Crippen LogP) is 3.53. The van der Waals surface area contributed by atoms with Crippen molar-refractivity contribution in [3.8, 4) is 0 Å². The first-order chi connectivity index (χ1) is 9.08. The lowest BCUT2D eigenvalue weighted by Gasteiger charge is -2.28. The normalized spacial score (nSPS) is 17.7. The van der Waals surface area contributed by atoms with E-state index in [1.807, 2.05) is 26.0 Å². The van der Waals surface area contributed by atoms with Crippen LogP contribution in [0.15, 0.2) is 29.3 Å². The lowest BCUT2D eigenvalue weighted by molar-refractivity contribution is 0.721. The predicted molar refractivity (Wildman–Crippen MR) is 77.2 cm³/mol. The Hall–Kier alpha value is -1.78. The molecule has 0 saturated carbocycles. The molecule has 1 aliphatic heterocycles. The fourth-order valence-corrected chi connectivity index (χ4v) is 2.41. The molecule has 0 aliphatic carbocycles. The van der Waals surface area contributed by atoms with E-state index in [0.717, 1.165) is 28.3 Å². The third kappa shape index (κ3) is 1.93. The third-order valence-corrected chi connectivity index (χ3v) is 3.74. The highest BCUT2D eigenvalue weighted by Gasteiger charge is 2.28. The second kappa shape index (κ2) is 4.40. The fraction of sp³-hybridized carbons (Fsp3) is 0.214. The molecule has 2 radical (unpaired) electrons. The molecule has 1 unspecified atom stereocenters. The molecule has 1 atom stereocenters. The molecular weight excluding hydrogens is 260 g/mol. The van der Waals surface area contributed by atoms with Gasteiger partial charge in [-0.25, -0.2) is 4.99 Å². The summed E-state index contributed by atoms with van der Waals surface area (Å²) in [6.07, 6.45) is 0.893. The van der Waals surface area contributed by atoms with Crippen LogP contribution >= 0.6 is 11.6 Å². The molecule has 2 heterocycles. The summed E-state index contributed by atoms with van der Waals surface area (Å²) in [5.41, 5.74) is 14.3. The zero-order chi connectivity index (χ0) is 13.6. The highest BCUT2D eigenvalue weighted by molar-refractivity contribution is 6.30. The summed E-state index contributed by atoms with van der Waals surface area (Å²) in [7, 11) is 0. The fourth-order valence-electron chi connectivity index (χ4n) is 2.28. The first kappa shape index (κ1) is 12.3. The number of halogens is 1. The molecule has 0 amide bonds. The molecule has 0 saturated heterocycles. The van der Waals surface area contributed by atoms with E-state index in [-0.39, 0.29) is 0 Å². The number of anilines is 1. The van der Waals surface area contributed by atoms with Gasteiger partial charge in [-0.3, -0.25) is 0 Å². The number of aryl methyl sites for hydroxylation is 1. The quantitative estimate of drug-likeness (QED) is 0.848. The van der Waals surface area contributed by atoms with E-state index in [2.05, 4.69) is 9.98 Å². The number of fused-ring (bicyclic) bond motifs is 1. The Balaban J connectivity index is 2.03. The standard InChI is InChI=1S/C14H13ClN4/c1-8-9(2)18-14-12(8)13(16)19(7-17-14)11-5-3-10(15)4-6-11/h3-7,13,18H,1-2H3. The van der Waals surface area contributed by atoms with Gasteiger partial charge in [-0.15, -0.1) is 5.73 Å². The van der Waals surface area contributed by atoms with E-state index in [1.165, 1.54) is 0 Å². The molecule has 4 nitrogen and oxygen atoms in total. The Kier molecular flexibility index (Phi) is 2.84. The van der Waals surface area contributed by atoms with Crippen molar-refractivity contribution in [3.63, 3.8) is 0 Å². The highest BCUT2D eigenvalue weighted by atomic mass is 35.5. The van der Waals surface area contributed by atoms with Gasteiger partial charge in [0.2, 0.25) is 0 Å². The number of aromatic amines is 1. The average molecular weight is 273 g/mol. The van der Waals surface area contributed by atoms with E-state index in [4.69, 9.17) is 11.6 Å². The Morgan fingerprint density at radius 2 is 1.95 bits per heavy atom. The van der Waals surface area contributed by atoms with Crippen LogP contribution in [-0.2, 0) is 0 Å². The third-order valence-electron chi connectivity index (χ3n) is 3.49. The van der Waals surface area contributed by atoms with Crippen LogP contribution in [0, 0.1) is 13.8 Å². The van der Waals surface area contributed by atoms with Crippen LogP contribution in [0.1, 0.15) is 23.0 Å². The summed E-state index contributed by atoms with van der Waals surface area (Å²) < 4.78 is 0. The topological polar surface area (TPSA) is 53.7 Å². The van der Waals surface area contributed by atoms with Crippen molar-refractivity contribution in [1.82, 2.24) is 10.7 Å². The lowest BCUT2D eigenvalue weighted by atomic mass is 10.1. The maximum Gasteiger partial charge on any atom is 0.149 e. The van der Waals surface area contributed by atoms with E-state index in [1.54, 1.807) is 23.4 Å². The molecule has 19 heavy (non-hydrogen) atoms. The molecule has 1 N–H and O–H groups in total. The van der Waals surface area contributed by atoms with Crippen LogP contribution in [0.3, 0.4) is 0 Å². The van der Waals surface area contributed by atoms with Gasteiger partial charge in [0.1, 0.15) is 12.0 Å². The highest BCUT2D eigenvalue weighted by Crippen LogP contribution is 2.37. The minimum Gasteiger partial charge on any atom is -0.343 e. The molecule has 0 spiro atoms. The average Bonchev–Trinajstić information content (AvgIpc) is 2.68. The van der Waals surface area contributed by atoms with Crippen molar-refractivity contribution in [2.24, 2.45) is 4.99 Å². The monoisotopic (exact) mass is 272 g/mol. The van der Waals surface area contributed by atoms with Crippen LogP contribution in [-0.4, -0.2) is 11.3 Å². The van der Waals surface area contributed by atoms with Gasteiger partial charge in [-0.1, -0.05) is 11.6 Å². The van der Waals surface area contributed by atoms with Gasteiger partial charge in [0.25, 0.3) is 0 Å². The smallest absolute Gasteiger partial charge is 0.149 e. The summed E-state index contributed by atoms with van der Waals surface area (Å²) >= 11 is 5.88. The minimum atomic E-state index is -0.737. The van der Waals surface area contributed by atoms with Gasteiger partial charge >= 0.3 is 0 Å². The van der Waals surface area contributed by atoms with Crippen molar-refractivity contribution in [3.05, 3.63) is 46.1 Å². The molecule has 5 heteroatoms. The largest absolute Gasteiger partial charge is 0.343 e. The van der Waals surface area contributed by atoms with Crippen LogP contribution in [0.5, 0.6) is 0 Å². The molecular formula is C14H13ClN4. The van der Waals surface area contributed by atoms with E-state index < -0.39 is 6.17 Å². The van der Waals surface area contributed by atoms with Crippen LogP contribution in [0.4, 0.5) is 11.5 Å². The van der Waals surface area contributed by atoms with Crippen LogP contribution in [0.25, 0.3) is 0 Å². The Bertz CT molecular complexity index is 642. The second-order valence-corrected chi connectivity index (χ2v) is 5.08. The number of hydrogen-bond acceptors (Lipinski definition) is 2. The van der Waals surface area contributed by atoms with Gasteiger partial charge in [0.05, 0.1) is 6.34 Å². The number of hydrogen-bond donors (Lipinski definition) is 1. The molecule has 2 aromatic rings. The van der Waals surface area contributed by atoms with E-state index in [0.29, 0.717) is 5.02 Å². The maximum absolute atomic E-state index is 10.5. The number of rotatable bonds is 1. The molecule has 1 aromatic carbocycles. The maximum atomic E-state index is 10.5. The first-order valence-electron chi connectivity index (χ1n) is 6.03. The van der Waals surface area contributed by atoms with E-state index >= 15 is 0 Å². The zero-order valence-corrected chi connectivity index (χ0v) is 11.4. The molecule has 0 bridgehead atoms. The zero-order valence-electron chi connectivity index (χ0n) is 10.7. The number of H-pyrrole nitrogens is 1. The number of benzene rings is 1. The molecule has 3 rings (SSSR count). The van der Waals surface area contributed by atoms with Crippen molar-refractivity contribution in [2.75, 3.05) is 4.90 Å². The first-order valence-corrected chi connectivity index (χ1v) is 6.41. The van der Waals surface area contributed by atoms with Gasteiger partial charge in [0, 0.05) is 22.0 Å². The molecule has 1 aromatic heterocycles. The van der Waals surface area contributed by atoms with Crippen molar-refractivity contribution in [2.45, 2.75) is 20.0 Å². The van der Waals surface area contributed by atoms with Gasteiger partial charge in [0.15, 0.2) is 0 Å². The lowest BCUT2D eigenvalue weighted by Crippen LogP contribution is -2.30. The number of aliphatic imine (C=N–C) groups is 1. The summed E-state index contributed by atoms with van der Waals surface area (Å²) in [5, 5.41) is 0.668.